The largest absolute Gasteiger partial charge is 0.448 e. The number of carbonyl (C=O) groups is 2. The van der Waals surface area contributed by atoms with Crippen LogP contribution in [0.25, 0.3) is 0 Å². The predicted molar refractivity (Wildman–Crippen MR) is 74.8 cm³/mol. The third-order valence-corrected chi connectivity index (χ3v) is 2.55. The van der Waals surface area contributed by atoms with Crippen LogP contribution in [0.2, 0.25) is 0 Å². The number of carbonyl (C=O) groups excluding carboxylic acids is 2. The standard InChI is InChI=1S/C12H24N4O4/c1-9(17)11(15-12(18)20-8-6-13)5-3-4-7-14-10(2)16-19/h11,19H,3-8,13H2,1-2H3,(H,14,16)(H,15,18)/t11-/m0/s1. The summed E-state index contributed by atoms with van der Waals surface area (Å²) in [4.78, 5) is 26.8. The number of hydrogen-bond acceptors (Lipinski definition) is 6. The summed E-state index contributed by atoms with van der Waals surface area (Å²) in [6, 6.07) is -0.554. The van der Waals surface area contributed by atoms with Crippen molar-refractivity contribution in [1.82, 2.24) is 10.8 Å². The van der Waals surface area contributed by atoms with Crippen molar-refractivity contribution in [3.8, 4) is 0 Å². The van der Waals surface area contributed by atoms with Crippen molar-refractivity contribution in [3.63, 3.8) is 0 Å². The van der Waals surface area contributed by atoms with Gasteiger partial charge in [0.2, 0.25) is 0 Å². The van der Waals surface area contributed by atoms with E-state index in [4.69, 9.17) is 15.7 Å². The van der Waals surface area contributed by atoms with Gasteiger partial charge in [0.05, 0.1) is 6.04 Å². The monoisotopic (exact) mass is 288 g/mol. The number of ether oxygens (including phenoxy) is 1. The molecule has 116 valence electrons. The fraction of sp³-hybridized carbons (Fsp3) is 0.750. The highest BCUT2D eigenvalue weighted by Gasteiger charge is 2.17. The molecule has 20 heavy (non-hydrogen) atoms. The van der Waals surface area contributed by atoms with Gasteiger partial charge in [0.1, 0.15) is 12.4 Å². The second-order valence-corrected chi connectivity index (χ2v) is 4.31. The summed E-state index contributed by atoms with van der Waals surface area (Å²) in [5, 5.41) is 11.0. The Morgan fingerprint density at radius 1 is 1.35 bits per heavy atom. The minimum absolute atomic E-state index is 0.119. The van der Waals surface area contributed by atoms with Crippen LogP contribution in [-0.2, 0) is 9.53 Å². The topological polar surface area (TPSA) is 126 Å². The molecule has 8 nitrogen and oxygen atoms in total. The van der Waals surface area contributed by atoms with Gasteiger partial charge in [-0.15, -0.1) is 0 Å². The first-order valence-electron chi connectivity index (χ1n) is 6.56. The minimum atomic E-state index is -0.631. The molecule has 0 heterocycles. The number of unbranched alkanes of at least 4 members (excludes halogenated alkanes) is 1. The van der Waals surface area contributed by atoms with Gasteiger partial charge in [-0.3, -0.25) is 20.5 Å². The molecule has 0 unspecified atom stereocenters. The Kier molecular flexibility index (Phi) is 10.2. The molecule has 0 rings (SSSR count). The highest BCUT2D eigenvalue weighted by Crippen LogP contribution is 2.03. The van der Waals surface area contributed by atoms with E-state index in [2.05, 4.69) is 10.3 Å². The minimum Gasteiger partial charge on any atom is -0.448 e. The smallest absolute Gasteiger partial charge is 0.407 e. The molecule has 0 fully saturated rings. The Morgan fingerprint density at radius 2 is 2.05 bits per heavy atom. The Bertz CT molecular complexity index is 333. The number of hydroxylamine groups is 1. The average molecular weight is 288 g/mol. The average Bonchev–Trinajstić information content (AvgIpc) is 2.42. The Morgan fingerprint density at radius 3 is 2.60 bits per heavy atom. The zero-order valence-corrected chi connectivity index (χ0v) is 12.0. The van der Waals surface area contributed by atoms with Crippen molar-refractivity contribution >= 4 is 17.7 Å². The molecule has 0 aromatic heterocycles. The molecule has 8 heteroatoms. The number of nitrogens with one attached hydrogen (secondary N) is 2. The molecule has 1 amide bonds. The highest BCUT2D eigenvalue weighted by atomic mass is 16.5. The maximum atomic E-state index is 11.4. The molecule has 0 saturated heterocycles. The predicted octanol–water partition coefficient (Wildman–Crippen LogP) is 0.196. The van der Waals surface area contributed by atoms with E-state index in [9.17, 15) is 9.59 Å². The summed E-state index contributed by atoms with van der Waals surface area (Å²) >= 11 is 0. The first-order chi connectivity index (χ1) is 9.51. The van der Waals surface area contributed by atoms with Gasteiger partial charge in [0, 0.05) is 13.1 Å². The van der Waals surface area contributed by atoms with E-state index in [0.717, 1.165) is 12.8 Å². The maximum Gasteiger partial charge on any atom is 0.407 e. The number of Topliss-reactive ketones (excluding diaryl/α,β-unsaturated/α-hetero) is 1. The molecule has 0 aromatic rings. The normalized spacial score (nSPS) is 12.7. The molecule has 1 atom stereocenters. The zero-order valence-electron chi connectivity index (χ0n) is 12.0. The van der Waals surface area contributed by atoms with Crippen LogP contribution >= 0.6 is 0 Å². The van der Waals surface area contributed by atoms with Gasteiger partial charge in [-0.2, -0.15) is 0 Å². The van der Waals surface area contributed by atoms with Crippen molar-refractivity contribution in [2.24, 2.45) is 10.7 Å². The fourth-order valence-electron chi connectivity index (χ4n) is 1.45. The third kappa shape index (κ3) is 9.29. The molecular weight excluding hydrogens is 264 g/mol. The quantitative estimate of drug-likeness (QED) is 0.208. The molecular formula is C12H24N4O4. The molecule has 5 N–H and O–H groups in total. The summed E-state index contributed by atoms with van der Waals surface area (Å²) in [5.74, 6) is 0.322. The van der Waals surface area contributed by atoms with Crippen molar-refractivity contribution in [3.05, 3.63) is 0 Å². The number of hydrogen-bond donors (Lipinski definition) is 4. The second-order valence-electron chi connectivity index (χ2n) is 4.31. The second kappa shape index (κ2) is 11.2. The molecule has 0 saturated carbocycles. The van der Waals surface area contributed by atoms with Crippen LogP contribution in [0.3, 0.4) is 0 Å². The molecule has 0 aliphatic rings. The molecule has 0 aliphatic heterocycles. The van der Waals surface area contributed by atoms with E-state index in [1.165, 1.54) is 6.92 Å². The molecule has 0 radical (unpaired) electrons. The lowest BCUT2D eigenvalue weighted by Gasteiger charge is -2.15. The number of amidine groups is 1. The van der Waals surface area contributed by atoms with Crippen LogP contribution in [0.5, 0.6) is 0 Å². The van der Waals surface area contributed by atoms with Crippen LogP contribution in [0, 0.1) is 0 Å². The lowest BCUT2D eigenvalue weighted by Crippen LogP contribution is -2.40. The van der Waals surface area contributed by atoms with E-state index >= 15 is 0 Å². The SMILES string of the molecule is CC(=O)[C@H](CCCCN=C(C)NO)NC(=O)OCCN. The summed E-state index contributed by atoms with van der Waals surface area (Å²) in [7, 11) is 0. The van der Waals surface area contributed by atoms with E-state index in [-0.39, 0.29) is 18.9 Å². The van der Waals surface area contributed by atoms with Crippen LogP contribution in [-0.4, -0.2) is 48.7 Å². The summed E-state index contributed by atoms with van der Waals surface area (Å²) < 4.78 is 4.76. The van der Waals surface area contributed by atoms with Crippen LogP contribution in [0.4, 0.5) is 4.79 Å². The Labute approximate surface area is 118 Å². The van der Waals surface area contributed by atoms with Crippen LogP contribution in [0.15, 0.2) is 4.99 Å². The van der Waals surface area contributed by atoms with Crippen LogP contribution < -0.4 is 16.5 Å². The lowest BCUT2D eigenvalue weighted by atomic mass is 10.1. The van der Waals surface area contributed by atoms with E-state index in [1.807, 2.05) is 5.48 Å². The van der Waals surface area contributed by atoms with Gasteiger partial charge >= 0.3 is 6.09 Å². The number of ketones is 1. The number of rotatable bonds is 9. The van der Waals surface area contributed by atoms with Gasteiger partial charge in [-0.25, -0.2) is 4.79 Å². The van der Waals surface area contributed by atoms with E-state index < -0.39 is 12.1 Å². The van der Waals surface area contributed by atoms with Gasteiger partial charge in [-0.05, 0) is 33.1 Å². The number of aliphatic imine (C=N–C) groups is 1. The molecule has 0 aromatic carbocycles. The summed E-state index contributed by atoms with van der Waals surface area (Å²) in [5.41, 5.74) is 7.15. The number of nitrogens with zero attached hydrogens (tertiary/aromatic N) is 1. The molecule has 0 spiro atoms. The van der Waals surface area contributed by atoms with Gasteiger partial charge in [0.15, 0.2) is 5.78 Å². The molecule has 0 bridgehead atoms. The number of amides is 1. The fourth-order valence-corrected chi connectivity index (χ4v) is 1.45. The first kappa shape index (κ1) is 18.3. The van der Waals surface area contributed by atoms with Crippen molar-refractivity contribution < 1.29 is 19.5 Å². The lowest BCUT2D eigenvalue weighted by molar-refractivity contribution is -0.119. The first-order valence-corrected chi connectivity index (χ1v) is 6.56. The Hall–Kier alpha value is -1.67. The van der Waals surface area contributed by atoms with Crippen LogP contribution in [0.1, 0.15) is 33.1 Å². The molecule has 0 aliphatic carbocycles. The highest BCUT2D eigenvalue weighted by molar-refractivity contribution is 5.85. The zero-order chi connectivity index (χ0) is 15.4. The Balaban J connectivity index is 3.97. The summed E-state index contributed by atoms with van der Waals surface area (Å²) in [6.45, 7) is 3.98. The van der Waals surface area contributed by atoms with Crippen molar-refractivity contribution in [2.75, 3.05) is 19.7 Å². The van der Waals surface area contributed by atoms with E-state index in [1.54, 1.807) is 6.92 Å². The maximum absolute atomic E-state index is 11.4. The number of alkyl carbamates (subject to hydrolysis) is 1. The number of nitrogens with two attached hydrogens (primary N) is 1. The van der Waals surface area contributed by atoms with Crippen molar-refractivity contribution in [1.29, 1.82) is 0 Å². The third-order valence-electron chi connectivity index (χ3n) is 2.55. The van der Waals surface area contributed by atoms with Gasteiger partial charge < -0.3 is 15.8 Å². The van der Waals surface area contributed by atoms with Crippen molar-refractivity contribution in [2.45, 2.75) is 39.2 Å². The summed E-state index contributed by atoms with van der Waals surface area (Å²) in [6.07, 6.45) is 1.37. The van der Waals surface area contributed by atoms with Gasteiger partial charge in [0.25, 0.3) is 0 Å². The van der Waals surface area contributed by atoms with Gasteiger partial charge in [-0.1, -0.05) is 0 Å². The van der Waals surface area contributed by atoms with E-state index in [0.29, 0.717) is 18.8 Å².